The van der Waals surface area contributed by atoms with E-state index in [-0.39, 0.29) is 36.5 Å². The third-order valence-electron chi connectivity index (χ3n) is 4.47. The third kappa shape index (κ3) is 8.49. The Morgan fingerprint density at radius 2 is 0.733 bits per heavy atom. The van der Waals surface area contributed by atoms with Crippen molar-refractivity contribution in [1.82, 2.24) is 20.2 Å². The molecule has 0 bridgehead atoms. The van der Waals surface area contributed by atoms with Crippen molar-refractivity contribution in [3.05, 3.63) is 47.3 Å². The minimum absolute atomic E-state index is 0. The lowest BCUT2D eigenvalue weighted by atomic mass is 9.77. The van der Waals surface area contributed by atoms with Gasteiger partial charge in [-0.1, -0.05) is 97.9 Å². The highest BCUT2D eigenvalue weighted by atomic mass is 15.1. The van der Waals surface area contributed by atoms with Crippen LogP contribution in [-0.4, -0.2) is 20.2 Å². The second-order valence-corrected chi connectivity index (χ2v) is 11.6. The predicted octanol–water partition coefficient (Wildman–Crippen LogP) is 7.42. The van der Waals surface area contributed by atoms with E-state index in [9.17, 15) is 0 Å². The van der Waals surface area contributed by atoms with Crippen molar-refractivity contribution < 1.29 is 0 Å². The fourth-order valence-corrected chi connectivity index (χ4v) is 2.95. The first-order valence-corrected chi connectivity index (χ1v) is 10.1. The summed E-state index contributed by atoms with van der Waals surface area (Å²) in [5.41, 5.74) is 5.20. The van der Waals surface area contributed by atoms with Crippen molar-refractivity contribution >= 4 is 0 Å². The fourth-order valence-electron chi connectivity index (χ4n) is 2.95. The first-order valence-electron chi connectivity index (χ1n) is 10.1. The molecule has 0 aliphatic rings. The maximum atomic E-state index is 4.45. The molecule has 2 aromatic heterocycles. The van der Waals surface area contributed by atoms with Crippen LogP contribution >= 0.6 is 0 Å². The van der Waals surface area contributed by atoms with Gasteiger partial charge in [-0.05, 0) is 22.0 Å². The summed E-state index contributed by atoms with van der Waals surface area (Å²) in [5.74, 6) is 0. The topological polar surface area (TPSA) is 51.6 Å². The lowest BCUT2D eigenvalue weighted by Gasteiger charge is -2.28. The minimum atomic E-state index is 0. The van der Waals surface area contributed by atoms with Crippen molar-refractivity contribution in [1.29, 1.82) is 0 Å². The quantitative estimate of drug-likeness (QED) is 0.448. The van der Waals surface area contributed by atoms with Crippen molar-refractivity contribution in [2.45, 2.75) is 120 Å². The average Bonchev–Trinajstić information content (AvgIpc) is 2.52. The molecule has 2 aromatic rings. The summed E-state index contributed by atoms with van der Waals surface area (Å²) in [6.45, 7) is 26.3. The van der Waals surface area contributed by atoms with Crippen LogP contribution in [-0.2, 0) is 21.7 Å². The van der Waals surface area contributed by atoms with E-state index in [4.69, 9.17) is 0 Å². The largest absolute Gasteiger partial charge is 0.257 e. The maximum absolute atomic E-state index is 4.45. The van der Waals surface area contributed by atoms with E-state index in [0.717, 1.165) is 11.4 Å². The Balaban J connectivity index is 0. The van der Waals surface area contributed by atoms with Gasteiger partial charge >= 0.3 is 0 Å². The molecule has 172 valence electrons. The fraction of sp³-hybridized carbons (Fsp3) is 0.692. The summed E-state index contributed by atoms with van der Waals surface area (Å²) in [6, 6.07) is 0. The Kier molecular flexibility index (Phi) is 10.6. The van der Waals surface area contributed by atoms with Crippen LogP contribution in [0.2, 0.25) is 0 Å². The number of hydrogen-bond acceptors (Lipinski definition) is 4. The molecule has 2 rings (SSSR count). The van der Waals surface area contributed by atoms with Crippen molar-refractivity contribution in [2.75, 3.05) is 0 Å². The van der Waals surface area contributed by atoms with Gasteiger partial charge in [0.15, 0.2) is 0 Å². The molecule has 0 N–H and O–H groups in total. The van der Waals surface area contributed by atoms with Crippen molar-refractivity contribution in [3.8, 4) is 0 Å². The van der Waals surface area contributed by atoms with Crippen LogP contribution < -0.4 is 0 Å². The number of aromatic nitrogens is 4. The summed E-state index contributed by atoms with van der Waals surface area (Å²) in [5, 5.41) is 7.95. The van der Waals surface area contributed by atoms with Crippen LogP contribution in [0.15, 0.2) is 24.8 Å². The van der Waals surface area contributed by atoms with E-state index in [0.29, 0.717) is 0 Å². The van der Waals surface area contributed by atoms with Crippen LogP contribution in [0.4, 0.5) is 0 Å². The summed E-state index contributed by atoms with van der Waals surface area (Å²) in [6.07, 6.45) is 7.33. The monoisotopic (exact) mass is 416 g/mol. The molecule has 2 heterocycles. The number of rotatable bonds is 0. The van der Waals surface area contributed by atoms with Gasteiger partial charge in [0.1, 0.15) is 0 Å². The molecule has 0 amide bonds. The molecule has 30 heavy (non-hydrogen) atoms. The summed E-state index contributed by atoms with van der Waals surface area (Å²) >= 11 is 0. The Morgan fingerprint density at radius 1 is 0.467 bits per heavy atom. The molecule has 4 nitrogen and oxygen atoms in total. The number of hydrogen-bond donors (Lipinski definition) is 0. The molecule has 0 saturated heterocycles. The lowest BCUT2D eigenvalue weighted by molar-refractivity contribution is 0.498. The van der Waals surface area contributed by atoms with Gasteiger partial charge in [-0.3, -0.25) is 9.97 Å². The summed E-state index contributed by atoms with van der Waals surface area (Å²) < 4.78 is 0. The second kappa shape index (κ2) is 10.5. The van der Waals surface area contributed by atoms with Gasteiger partial charge in [-0.25, -0.2) is 0 Å². The standard InChI is InChI=1S/2C12H20N2.2CH4/c1-11(2,3)9-7-13-14-8-10(9)12(4,5)6;1-11(2,3)9-10(12(4,5)6)14-8-7-13-9;;/h2*7-8H,1-6H3;2*1H4. The van der Waals surface area contributed by atoms with Gasteiger partial charge in [-0.15, -0.1) is 0 Å². The van der Waals surface area contributed by atoms with E-state index in [1.54, 1.807) is 12.4 Å². The van der Waals surface area contributed by atoms with Gasteiger partial charge in [-0.2, -0.15) is 10.2 Å². The van der Waals surface area contributed by atoms with Gasteiger partial charge in [0.25, 0.3) is 0 Å². The summed E-state index contributed by atoms with van der Waals surface area (Å²) in [4.78, 5) is 8.91. The molecule has 4 heteroatoms. The first kappa shape index (κ1) is 30.4. The van der Waals surface area contributed by atoms with Crippen LogP contribution in [0.1, 0.15) is 120 Å². The van der Waals surface area contributed by atoms with Gasteiger partial charge in [0, 0.05) is 23.2 Å². The SMILES string of the molecule is C.C.CC(C)(C)c1cnncc1C(C)(C)C.CC(C)(C)c1nccnc1C(C)(C)C. The smallest absolute Gasteiger partial charge is 0.0677 e. The molecule has 0 aliphatic heterocycles. The molecule has 0 spiro atoms. The van der Waals surface area contributed by atoms with Gasteiger partial charge in [0.2, 0.25) is 0 Å². The van der Waals surface area contributed by atoms with E-state index in [1.165, 1.54) is 11.1 Å². The highest BCUT2D eigenvalue weighted by Gasteiger charge is 2.27. The number of nitrogens with zero attached hydrogens (tertiary/aromatic N) is 4. The van der Waals surface area contributed by atoms with Crippen molar-refractivity contribution in [2.24, 2.45) is 0 Å². The zero-order chi connectivity index (χ0) is 22.0. The Morgan fingerprint density at radius 3 is 0.933 bits per heavy atom. The average molecular weight is 417 g/mol. The zero-order valence-corrected chi connectivity index (χ0v) is 20.1. The normalized spacial score (nSPS) is 12.1. The lowest BCUT2D eigenvalue weighted by Crippen LogP contribution is -2.24. The predicted molar refractivity (Wildman–Crippen MR) is 132 cm³/mol. The molecular weight excluding hydrogens is 368 g/mol. The summed E-state index contributed by atoms with van der Waals surface area (Å²) in [7, 11) is 0. The molecule has 0 aliphatic carbocycles. The van der Waals surface area contributed by atoms with E-state index >= 15 is 0 Å². The Bertz CT molecular complexity index is 634. The molecule has 0 aromatic carbocycles. The molecule has 0 fully saturated rings. The molecular formula is C26H48N4. The molecule has 0 saturated carbocycles. The maximum Gasteiger partial charge on any atom is 0.0677 e. The van der Waals surface area contributed by atoms with E-state index < -0.39 is 0 Å². The second-order valence-electron chi connectivity index (χ2n) is 11.6. The van der Waals surface area contributed by atoms with E-state index in [2.05, 4.69) is 103 Å². The molecule has 0 atom stereocenters. The van der Waals surface area contributed by atoms with Crippen molar-refractivity contribution in [3.63, 3.8) is 0 Å². The highest BCUT2D eigenvalue weighted by molar-refractivity contribution is 5.33. The van der Waals surface area contributed by atoms with Gasteiger partial charge < -0.3 is 0 Å². The minimum Gasteiger partial charge on any atom is -0.257 e. The van der Waals surface area contributed by atoms with Crippen LogP contribution in [0, 0.1) is 0 Å². The molecule has 0 radical (unpaired) electrons. The highest BCUT2D eigenvalue weighted by Crippen LogP contribution is 2.32. The first-order chi connectivity index (χ1) is 12.5. The third-order valence-corrected chi connectivity index (χ3v) is 4.47. The van der Waals surface area contributed by atoms with Crippen LogP contribution in [0.5, 0.6) is 0 Å². The zero-order valence-electron chi connectivity index (χ0n) is 20.1. The van der Waals surface area contributed by atoms with E-state index in [1.807, 2.05) is 12.4 Å². The van der Waals surface area contributed by atoms with Crippen LogP contribution in [0.3, 0.4) is 0 Å². The van der Waals surface area contributed by atoms with Crippen LogP contribution in [0.25, 0.3) is 0 Å². The van der Waals surface area contributed by atoms with Gasteiger partial charge in [0.05, 0.1) is 23.8 Å². The molecule has 0 unspecified atom stereocenters. The Hall–Kier alpha value is -1.84. The Labute approximate surface area is 187 Å².